The minimum Gasteiger partial charge on any atom is -0.480 e. The molecule has 1 fully saturated rings. The molecule has 1 aliphatic heterocycles. The van der Waals surface area contributed by atoms with E-state index in [9.17, 15) is 13.8 Å². The van der Waals surface area contributed by atoms with Gasteiger partial charge in [0.25, 0.3) is 0 Å². The third kappa shape index (κ3) is 3.90. The van der Waals surface area contributed by atoms with Gasteiger partial charge in [0.15, 0.2) is 0 Å². The summed E-state index contributed by atoms with van der Waals surface area (Å²) in [5, 5.41) is 11.1. The van der Waals surface area contributed by atoms with Crippen molar-refractivity contribution in [3.8, 4) is 0 Å². The molecule has 1 aliphatic rings. The summed E-state index contributed by atoms with van der Waals surface area (Å²) in [5.41, 5.74) is 5.31. The van der Waals surface area contributed by atoms with Gasteiger partial charge in [0.05, 0.1) is 5.25 Å². The molecule has 3 atom stereocenters. The Hall–Kier alpha value is -0.950. The molecule has 0 aromatic rings. The summed E-state index contributed by atoms with van der Waals surface area (Å²) in [6.07, 6.45) is 1.79. The first-order valence-corrected chi connectivity index (χ1v) is 6.51. The molecule has 0 aromatic heterocycles. The van der Waals surface area contributed by atoms with E-state index in [4.69, 9.17) is 10.8 Å². The van der Waals surface area contributed by atoms with Crippen LogP contribution in [0.15, 0.2) is 0 Å². The van der Waals surface area contributed by atoms with Gasteiger partial charge in [-0.3, -0.25) is 13.8 Å². The molecule has 1 amide bonds. The van der Waals surface area contributed by atoms with Crippen LogP contribution in [0.4, 0.5) is 0 Å². The molecule has 1 rings (SSSR count). The zero-order valence-electron chi connectivity index (χ0n) is 8.85. The first-order chi connectivity index (χ1) is 7.50. The lowest BCUT2D eigenvalue weighted by molar-refractivity contribution is -0.138. The van der Waals surface area contributed by atoms with Crippen LogP contribution in [0, 0.1) is 0 Å². The van der Waals surface area contributed by atoms with Gasteiger partial charge in [0, 0.05) is 29.5 Å². The number of carboxylic acids is 1. The van der Waals surface area contributed by atoms with Gasteiger partial charge in [-0.1, -0.05) is 0 Å². The number of hydrogen-bond donors (Lipinski definition) is 3. The molecule has 92 valence electrons. The first kappa shape index (κ1) is 13.1. The van der Waals surface area contributed by atoms with E-state index in [0.29, 0.717) is 25.8 Å². The van der Waals surface area contributed by atoms with E-state index >= 15 is 0 Å². The summed E-state index contributed by atoms with van der Waals surface area (Å²) in [7, 11) is -1.30. The summed E-state index contributed by atoms with van der Waals surface area (Å²) in [5.74, 6) is -1.25. The monoisotopic (exact) mass is 248 g/mol. The zero-order chi connectivity index (χ0) is 12.1. The highest BCUT2D eigenvalue weighted by Crippen LogP contribution is 2.11. The van der Waals surface area contributed by atoms with Crippen LogP contribution in [0.5, 0.6) is 0 Å². The molecular formula is C9H16N2O4S. The number of amides is 1. The van der Waals surface area contributed by atoms with Crippen molar-refractivity contribution < 1.29 is 18.9 Å². The van der Waals surface area contributed by atoms with E-state index in [1.165, 1.54) is 0 Å². The molecular weight excluding hydrogens is 232 g/mol. The third-order valence-corrected chi connectivity index (χ3v) is 4.32. The molecule has 4 N–H and O–H groups in total. The second-order valence-electron chi connectivity index (χ2n) is 3.81. The molecule has 0 aromatic carbocycles. The number of nitrogens with one attached hydrogen (secondary N) is 1. The van der Waals surface area contributed by atoms with Crippen molar-refractivity contribution in [1.29, 1.82) is 0 Å². The highest BCUT2D eigenvalue weighted by atomic mass is 32.2. The average molecular weight is 248 g/mol. The summed E-state index contributed by atoms with van der Waals surface area (Å²) < 4.78 is 11.8. The molecule has 3 unspecified atom stereocenters. The van der Waals surface area contributed by atoms with E-state index in [-0.39, 0.29) is 16.9 Å². The van der Waals surface area contributed by atoms with E-state index in [2.05, 4.69) is 5.32 Å². The highest BCUT2D eigenvalue weighted by Gasteiger charge is 2.24. The van der Waals surface area contributed by atoms with Crippen LogP contribution < -0.4 is 11.1 Å². The van der Waals surface area contributed by atoms with Crippen LogP contribution in [0.2, 0.25) is 0 Å². The molecule has 0 bridgehead atoms. The zero-order valence-corrected chi connectivity index (χ0v) is 9.66. The number of carbonyl (C=O) groups excluding carboxylic acids is 1. The second kappa shape index (κ2) is 5.95. The van der Waals surface area contributed by atoms with Crippen LogP contribution in [-0.4, -0.2) is 44.8 Å². The maximum Gasteiger partial charge on any atom is 0.321 e. The van der Waals surface area contributed by atoms with Crippen molar-refractivity contribution in [1.82, 2.24) is 5.32 Å². The molecule has 0 saturated carbocycles. The lowest BCUT2D eigenvalue weighted by atomic mass is 10.2. The number of carboxylic acid groups (broad SMARTS) is 1. The van der Waals surface area contributed by atoms with Gasteiger partial charge < -0.3 is 16.2 Å². The Bertz CT molecular complexity index is 308. The number of rotatable bonds is 4. The van der Waals surface area contributed by atoms with E-state index in [0.717, 1.165) is 0 Å². The van der Waals surface area contributed by atoms with Crippen LogP contribution >= 0.6 is 0 Å². The Kier molecular flexibility index (Phi) is 4.88. The van der Waals surface area contributed by atoms with Gasteiger partial charge >= 0.3 is 5.97 Å². The normalized spacial score (nSPS) is 25.3. The molecule has 0 aliphatic carbocycles. The highest BCUT2D eigenvalue weighted by molar-refractivity contribution is 7.85. The van der Waals surface area contributed by atoms with Gasteiger partial charge in [-0.15, -0.1) is 0 Å². The average Bonchev–Trinajstić information content (AvgIpc) is 2.42. The summed E-state index contributed by atoms with van der Waals surface area (Å²) in [6.45, 7) is 0.345. The maximum absolute atomic E-state index is 11.8. The molecule has 7 heteroatoms. The first-order valence-electron chi connectivity index (χ1n) is 5.13. The van der Waals surface area contributed by atoms with Gasteiger partial charge in [0.2, 0.25) is 5.91 Å². The summed E-state index contributed by atoms with van der Waals surface area (Å²) in [4.78, 5) is 21.6. The molecule has 0 radical (unpaired) electrons. The summed E-state index contributed by atoms with van der Waals surface area (Å²) >= 11 is 0. The second-order valence-corrected chi connectivity index (χ2v) is 5.57. The number of nitrogens with two attached hydrogens (primary N) is 1. The Balaban J connectivity index is 2.47. The smallest absolute Gasteiger partial charge is 0.321 e. The fourth-order valence-corrected chi connectivity index (χ4v) is 2.98. The van der Waals surface area contributed by atoms with E-state index in [1.54, 1.807) is 0 Å². The van der Waals surface area contributed by atoms with Crippen molar-refractivity contribution in [3.05, 3.63) is 0 Å². The number of hydrogen-bond acceptors (Lipinski definition) is 4. The lowest BCUT2D eigenvalue weighted by Crippen LogP contribution is -2.40. The fraction of sp³-hybridized carbons (Fsp3) is 0.778. The van der Waals surface area contributed by atoms with Gasteiger partial charge in [-0.2, -0.15) is 0 Å². The Morgan fingerprint density at radius 2 is 2.38 bits per heavy atom. The van der Waals surface area contributed by atoms with Gasteiger partial charge in [0.1, 0.15) is 6.04 Å². The minimum atomic E-state index is -1.30. The van der Waals surface area contributed by atoms with Crippen molar-refractivity contribution >= 4 is 22.7 Å². The van der Waals surface area contributed by atoms with E-state index < -0.39 is 22.8 Å². The van der Waals surface area contributed by atoms with Crippen molar-refractivity contribution in [2.45, 2.75) is 30.6 Å². The standard InChI is InChI=1S/C9H16N2O4S/c10-7(9(13)14)5-16(15)6-2-1-3-8(12)11-4-6/h6-7H,1-5,10H2,(H,11,12)(H,13,14). The molecule has 6 nitrogen and oxygen atoms in total. The molecule has 0 spiro atoms. The SMILES string of the molecule is NC(CS(=O)C1CCCC(=O)NC1)C(=O)O. The predicted molar refractivity (Wildman–Crippen MR) is 59.3 cm³/mol. The lowest BCUT2D eigenvalue weighted by Gasteiger charge is -2.15. The topological polar surface area (TPSA) is 109 Å². The van der Waals surface area contributed by atoms with Crippen molar-refractivity contribution in [3.63, 3.8) is 0 Å². The molecule has 1 heterocycles. The number of aliphatic carboxylic acids is 1. The summed E-state index contributed by atoms with van der Waals surface area (Å²) in [6, 6.07) is -1.10. The molecule has 16 heavy (non-hydrogen) atoms. The maximum atomic E-state index is 11.8. The fourth-order valence-electron chi connectivity index (χ4n) is 1.52. The largest absolute Gasteiger partial charge is 0.480 e. The van der Waals surface area contributed by atoms with Crippen molar-refractivity contribution in [2.24, 2.45) is 5.73 Å². The quantitative estimate of drug-likeness (QED) is 0.580. The van der Waals surface area contributed by atoms with Crippen LogP contribution in [0.25, 0.3) is 0 Å². The van der Waals surface area contributed by atoms with Crippen LogP contribution in [0.1, 0.15) is 19.3 Å². The van der Waals surface area contributed by atoms with Crippen molar-refractivity contribution in [2.75, 3.05) is 12.3 Å². The third-order valence-electron chi connectivity index (χ3n) is 2.49. The van der Waals surface area contributed by atoms with E-state index in [1.807, 2.05) is 0 Å². The van der Waals surface area contributed by atoms with Crippen LogP contribution in [0.3, 0.4) is 0 Å². The Morgan fingerprint density at radius 3 is 3.00 bits per heavy atom. The Morgan fingerprint density at radius 1 is 1.69 bits per heavy atom. The van der Waals surface area contributed by atoms with Crippen LogP contribution in [-0.2, 0) is 20.4 Å². The van der Waals surface area contributed by atoms with Gasteiger partial charge in [-0.25, -0.2) is 0 Å². The number of carbonyl (C=O) groups is 2. The minimum absolute atomic E-state index is 0.0398. The Labute approximate surface area is 96.0 Å². The predicted octanol–water partition coefficient (Wildman–Crippen LogP) is -1.18. The van der Waals surface area contributed by atoms with Gasteiger partial charge in [-0.05, 0) is 12.8 Å². The molecule has 1 saturated heterocycles.